The third kappa shape index (κ3) is 2.67. The van der Waals surface area contributed by atoms with Crippen LogP contribution in [0.5, 0.6) is 0 Å². The number of carbonyl (C=O) groups excluding carboxylic acids is 1. The Kier molecular flexibility index (Phi) is 3.97. The number of pyridine rings is 1. The van der Waals surface area contributed by atoms with E-state index in [1.54, 1.807) is 0 Å². The molecule has 4 rings (SSSR count). The van der Waals surface area contributed by atoms with E-state index >= 15 is 0 Å². The van der Waals surface area contributed by atoms with Gasteiger partial charge in [0.15, 0.2) is 5.65 Å². The summed E-state index contributed by atoms with van der Waals surface area (Å²) in [6.07, 6.45) is 1.06. The highest BCUT2D eigenvalue weighted by molar-refractivity contribution is 6.06. The van der Waals surface area contributed by atoms with E-state index in [-0.39, 0.29) is 5.91 Å². The van der Waals surface area contributed by atoms with Gasteiger partial charge in [-0.25, -0.2) is 4.98 Å². The van der Waals surface area contributed by atoms with E-state index in [2.05, 4.69) is 25.4 Å². The van der Waals surface area contributed by atoms with Crippen molar-refractivity contribution in [3.63, 3.8) is 0 Å². The number of H-pyrrole nitrogens is 1. The Morgan fingerprint density at radius 1 is 1.25 bits per heavy atom. The molecule has 2 aromatic heterocycles. The van der Waals surface area contributed by atoms with Gasteiger partial charge in [-0.2, -0.15) is 5.10 Å². The smallest absolute Gasteiger partial charge is 0.254 e. The predicted octanol–water partition coefficient (Wildman–Crippen LogP) is 0.694. The summed E-state index contributed by atoms with van der Waals surface area (Å²) in [5, 5.41) is 11.4. The molecule has 0 aromatic carbocycles. The zero-order valence-corrected chi connectivity index (χ0v) is 14.3. The summed E-state index contributed by atoms with van der Waals surface area (Å²) in [5.74, 6) is 0.104. The van der Waals surface area contributed by atoms with Crippen molar-refractivity contribution in [3.05, 3.63) is 23.0 Å². The van der Waals surface area contributed by atoms with E-state index < -0.39 is 0 Å². The van der Waals surface area contributed by atoms with Gasteiger partial charge >= 0.3 is 0 Å². The van der Waals surface area contributed by atoms with Crippen LogP contribution in [0, 0.1) is 13.8 Å². The Hall–Kier alpha value is -1.99. The second-order valence-corrected chi connectivity index (χ2v) is 6.84. The van der Waals surface area contributed by atoms with Gasteiger partial charge in [-0.3, -0.25) is 14.8 Å². The van der Waals surface area contributed by atoms with Crippen LogP contribution in [0.1, 0.15) is 28.2 Å². The van der Waals surface area contributed by atoms with E-state index in [0.717, 1.165) is 68.0 Å². The minimum absolute atomic E-state index is 0.104. The molecule has 2 aliphatic heterocycles. The standard InChI is InChI=1S/C17H24N6O/c1-11-9-14(15-12(2)20-21-16(15)19-11)17(24)23-6-3-13(10-23)22-7-4-18-5-8-22/h9,13,18H,3-8,10H2,1-2H3,(H,19,20,21). The molecule has 0 saturated carbocycles. The number of rotatable bonds is 2. The van der Waals surface area contributed by atoms with Gasteiger partial charge in [0, 0.05) is 56.7 Å². The van der Waals surface area contributed by atoms with Crippen molar-refractivity contribution in [1.82, 2.24) is 30.3 Å². The average Bonchev–Trinajstić information content (AvgIpc) is 3.22. The number of aryl methyl sites for hydroxylation is 2. The monoisotopic (exact) mass is 328 g/mol. The van der Waals surface area contributed by atoms with E-state index in [9.17, 15) is 4.79 Å². The molecule has 2 saturated heterocycles. The number of aromatic amines is 1. The van der Waals surface area contributed by atoms with E-state index in [1.807, 2.05) is 24.8 Å². The third-order valence-corrected chi connectivity index (χ3v) is 5.18. The zero-order chi connectivity index (χ0) is 16.7. The van der Waals surface area contributed by atoms with Crippen molar-refractivity contribution in [1.29, 1.82) is 0 Å². The van der Waals surface area contributed by atoms with Gasteiger partial charge in [0.05, 0.1) is 10.9 Å². The first-order valence-corrected chi connectivity index (χ1v) is 8.70. The maximum atomic E-state index is 13.1. The number of nitrogens with one attached hydrogen (secondary N) is 2. The van der Waals surface area contributed by atoms with Crippen molar-refractivity contribution in [3.8, 4) is 0 Å². The highest BCUT2D eigenvalue weighted by Gasteiger charge is 2.32. The lowest BCUT2D eigenvalue weighted by Gasteiger charge is -2.32. The Labute approximate surface area is 141 Å². The fourth-order valence-corrected chi connectivity index (χ4v) is 3.91. The number of hydrogen-bond donors (Lipinski definition) is 2. The summed E-state index contributed by atoms with van der Waals surface area (Å²) in [6, 6.07) is 2.38. The maximum absolute atomic E-state index is 13.1. The lowest BCUT2D eigenvalue weighted by atomic mass is 10.1. The summed E-state index contributed by atoms with van der Waals surface area (Å²) in [5.41, 5.74) is 3.09. The van der Waals surface area contributed by atoms with Crippen molar-refractivity contribution >= 4 is 16.9 Å². The van der Waals surface area contributed by atoms with Gasteiger partial charge < -0.3 is 10.2 Å². The molecule has 4 heterocycles. The molecular weight excluding hydrogens is 304 g/mol. The van der Waals surface area contributed by atoms with Crippen LogP contribution in [-0.2, 0) is 0 Å². The van der Waals surface area contributed by atoms with E-state index in [4.69, 9.17) is 0 Å². The van der Waals surface area contributed by atoms with Gasteiger partial charge in [0.25, 0.3) is 5.91 Å². The number of likely N-dealkylation sites (tertiary alicyclic amines) is 1. The molecular formula is C17H24N6O. The van der Waals surface area contributed by atoms with Gasteiger partial charge in [0.1, 0.15) is 0 Å². The van der Waals surface area contributed by atoms with Crippen molar-refractivity contribution in [2.45, 2.75) is 26.3 Å². The molecule has 1 atom stereocenters. The van der Waals surface area contributed by atoms with Gasteiger partial charge in [-0.05, 0) is 26.3 Å². The van der Waals surface area contributed by atoms with Crippen LogP contribution in [0.25, 0.3) is 11.0 Å². The molecule has 0 radical (unpaired) electrons. The molecule has 7 nitrogen and oxygen atoms in total. The Balaban J connectivity index is 1.57. The summed E-state index contributed by atoms with van der Waals surface area (Å²) >= 11 is 0. The quantitative estimate of drug-likeness (QED) is 0.848. The summed E-state index contributed by atoms with van der Waals surface area (Å²) < 4.78 is 0. The molecule has 7 heteroatoms. The van der Waals surface area contributed by atoms with Crippen molar-refractivity contribution in [2.24, 2.45) is 0 Å². The van der Waals surface area contributed by atoms with Crippen LogP contribution in [0.2, 0.25) is 0 Å². The largest absolute Gasteiger partial charge is 0.337 e. The predicted molar refractivity (Wildman–Crippen MR) is 92.1 cm³/mol. The Morgan fingerprint density at radius 3 is 2.83 bits per heavy atom. The molecule has 0 bridgehead atoms. The molecule has 2 aromatic rings. The number of piperazine rings is 1. The van der Waals surface area contributed by atoms with E-state index in [0.29, 0.717) is 11.7 Å². The first-order valence-electron chi connectivity index (χ1n) is 8.70. The number of carbonyl (C=O) groups is 1. The van der Waals surface area contributed by atoms with Crippen LogP contribution in [-0.4, -0.2) is 76.2 Å². The highest BCUT2D eigenvalue weighted by atomic mass is 16.2. The molecule has 1 unspecified atom stereocenters. The first kappa shape index (κ1) is 15.5. The molecule has 24 heavy (non-hydrogen) atoms. The first-order chi connectivity index (χ1) is 11.6. The number of nitrogens with zero attached hydrogens (tertiary/aromatic N) is 4. The van der Waals surface area contributed by atoms with E-state index in [1.165, 1.54) is 0 Å². The SMILES string of the molecule is Cc1cc(C(=O)N2CCC(N3CCNCC3)C2)c2c(C)[nH]nc2n1. The second kappa shape index (κ2) is 6.14. The molecule has 128 valence electrons. The zero-order valence-electron chi connectivity index (χ0n) is 14.3. The topological polar surface area (TPSA) is 77.2 Å². The normalized spacial score (nSPS) is 22.4. The molecule has 1 amide bonds. The highest BCUT2D eigenvalue weighted by Crippen LogP contribution is 2.24. The minimum Gasteiger partial charge on any atom is -0.337 e. The van der Waals surface area contributed by atoms with Gasteiger partial charge in [0.2, 0.25) is 0 Å². The second-order valence-electron chi connectivity index (χ2n) is 6.84. The number of aromatic nitrogens is 3. The molecule has 0 aliphatic carbocycles. The van der Waals surface area contributed by atoms with Crippen LogP contribution >= 0.6 is 0 Å². The number of hydrogen-bond acceptors (Lipinski definition) is 5. The Bertz CT molecular complexity index is 764. The number of amides is 1. The summed E-state index contributed by atoms with van der Waals surface area (Å²) in [4.78, 5) is 22.1. The van der Waals surface area contributed by atoms with Gasteiger partial charge in [-0.1, -0.05) is 0 Å². The summed E-state index contributed by atoms with van der Waals surface area (Å²) in [6.45, 7) is 9.74. The van der Waals surface area contributed by atoms with Crippen molar-refractivity contribution < 1.29 is 4.79 Å². The summed E-state index contributed by atoms with van der Waals surface area (Å²) in [7, 11) is 0. The fourth-order valence-electron chi connectivity index (χ4n) is 3.91. The maximum Gasteiger partial charge on any atom is 0.254 e. The minimum atomic E-state index is 0.104. The fraction of sp³-hybridized carbons (Fsp3) is 0.588. The van der Waals surface area contributed by atoms with Crippen LogP contribution < -0.4 is 5.32 Å². The van der Waals surface area contributed by atoms with Crippen LogP contribution in [0.3, 0.4) is 0 Å². The Morgan fingerprint density at radius 2 is 2.04 bits per heavy atom. The lowest BCUT2D eigenvalue weighted by Crippen LogP contribution is -2.49. The van der Waals surface area contributed by atoms with Crippen LogP contribution in [0.4, 0.5) is 0 Å². The van der Waals surface area contributed by atoms with Crippen LogP contribution in [0.15, 0.2) is 6.07 Å². The van der Waals surface area contributed by atoms with Crippen molar-refractivity contribution in [2.75, 3.05) is 39.3 Å². The molecule has 2 fully saturated rings. The molecule has 2 aliphatic rings. The molecule has 0 spiro atoms. The van der Waals surface area contributed by atoms with Gasteiger partial charge in [-0.15, -0.1) is 0 Å². The lowest BCUT2D eigenvalue weighted by molar-refractivity contribution is 0.0775. The molecule has 2 N–H and O–H groups in total. The number of fused-ring (bicyclic) bond motifs is 1. The average molecular weight is 328 g/mol. The third-order valence-electron chi connectivity index (χ3n) is 5.18.